The smallest absolute Gasteiger partial charge is 0.257 e. The van der Waals surface area contributed by atoms with Gasteiger partial charge in [-0.15, -0.1) is 0 Å². The predicted molar refractivity (Wildman–Crippen MR) is 83.5 cm³/mol. The summed E-state index contributed by atoms with van der Waals surface area (Å²) < 4.78 is 5.20. The molecule has 1 N–H and O–H groups in total. The lowest BCUT2D eigenvalue weighted by molar-refractivity contribution is 0.0910. The number of carbonyl (C=O) groups is 1. The maximum atomic E-state index is 12.6. The summed E-state index contributed by atoms with van der Waals surface area (Å²) in [7, 11) is 0. The van der Waals surface area contributed by atoms with Crippen LogP contribution in [0.5, 0.6) is 0 Å². The first-order chi connectivity index (χ1) is 9.85. The molecule has 0 unspecified atom stereocenters. The average molecular weight is 307 g/mol. The molecule has 1 amide bonds. The Morgan fingerprint density at radius 1 is 1.38 bits per heavy atom. The van der Waals surface area contributed by atoms with Crippen molar-refractivity contribution in [2.45, 2.75) is 39.7 Å². The average Bonchev–Trinajstić information content (AvgIpc) is 2.80. The highest BCUT2D eigenvalue weighted by Crippen LogP contribution is 2.31. The number of hydrogen-bond donors (Lipinski definition) is 1. The van der Waals surface area contributed by atoms with Crippen LogP contribution in [-0.2, 0) is 0 Å². The molecule has 0 aliphatic heterocycles. The van der Waals surface area contributed by atoms with Gasteiger partial charge in [0.25, 0.3) is 5.91 Å². The largest absolute Gasteiger partial charge is 0.360 e. The lowest BCUT2D eigenvalue weighted by Crippen LogP contribution is -2.43. The Labute approximate surface area is 129 Å². The highest BCUT2D eigenvalue weighted by molar-refractivity contribution is 6.33. The monoisotopic (exact) mass is 306 g/mol. The third kappa shape index (κ3) is 3.27. The number of nitrogens with one attached hydrogen (secondary N) is 1. The van der Waals surface area contributed by atoms with Crippen molar-refractivity contribution in [2.75, 3.05) is 0 Å². The van der Waals surface area contributed by atoms with E-state index in [1.54, 1.807) is 13.0 Å². The molecule has 1 aromatic heterocycles. The molecule has 0 aliphatic rings. The molecule has 0 radical (unpaired) electrons. The van der Waals surface area contributed by atoms with Gasteiger partial charge in [0.15, 0.2) is 0 Å². The molecule has 0 aliphatic carbocycles. The van der Waals surface area contributed by atoms with Gasteiger partial charge < -0.3 is 9.84 Å². The van der Waals surface area contributed by atoms with Gasteiger partial charge in [-0.05, 0) is 33.3 Å². The van der Waals surface area contributed by atoms with Gasteiger partial charge in [0.2, 0.25) is 0 Å². The molecule has 1 heterocycles. The second kappa shape index (κ2) is 5.90. The van der Waals surface area contributed by atoms with Crippen LogP contribution in [0.25, 0.3) is 11.3 Å². The van der Waals surface area contributed by atoms with Crippen LogP contribution in [0.4, 0.5) is 0 Å². The summed E-state index contributed by atoms with van der Waals surface area (Å²) in [6.45, 7) is 7.70. The van der Waals surface area contributed by atoms with Crippen molar-refractivity contribution in [1.82, 2.24) is 10.5 Å². The first kappa shape index (κ1) is 15.6. The van der Waals surface area contributed by atoms with E-state index in [4.69, 9.17) is 16.1 Å². The number of aryl methyl sites for hydroxylation is 1. The normalized spacial score (nSPS) is 11.5. The van der Waals surface area contributed by atoms with Gasteiger partial charge in [-0.1, -0.05) is 41.9 Å². The molecule has 0 bridgehead atoms. The number of rotatable bonds is 4. The minimum absolute atomic E-state index is 0.199. The van der Waals surface area contributed by atoms with E-state index in [0.717, 1.165) is 6.42 Å². The third-order valence-electron chi connectivity index (χ3n) is 3.55. The van der Waals surface area contributed by atoms with Gasteiger partial charge in [-0.25, -0.2) is 0 Å². The molecule has 0 spiro atoms. The fourth-order valence-electron chi connectivity index (χ4n) is 1.93. The minimum atomic E-state index is -0.293. The fraction of sp³-hybridized carbons (Fsp3) is 0.375. The number of aromatic nitrogens is 1. The van der Waals surface area contributed by atoms with Crippen molar-refractivity contribution >= 4 is 17.5 Å². The SMILES string of the molecule is CCC(C)(C)NC(=O)c1c(-c2ccccc2Cl)noc1C. The Morgan fingerprint density at radius 2 is 2.05 bits per heavy atom. The summed E-state index contributed by atoms with van der Waals surface area (Å²) in [5.41, 5.74) is 1.31. The van der Waals surface area contributed by atoms with Gasteiger partial charge in [0.1, 0.15) is 17.0 Å². The van der Waals surface area contributed by atoms with E-state index in [9.17, 15) is 4.79 Å². The van der Waals surface area contributed by atoms with Gasteiger partial charge in [0, 0.05) is 11.1 Å². The summed E-state index contributed by atoms with van der Waals surface area (Å²) in [5.74, 6) is 0.282. The lowest BCUT2D eigenvalue weighted by Gasteiger charge is -2.24. The molecule has 0 saturated carbocycles. The van der Waals surface area contributed by atoms with E-state index in [2.05, 4.69) is 10.5 Å². The zero-order valence-electron chi connectivity index (χ0n) is 12.7. The second-order valence-corrected chi connectivity index (χ2v) is 6.04. The molecular formula is C16H19ClN2O2. The summed E-state index contributed by atoms with van der Waals surface area (Å²) in [5, 5.41) is 7.54. The van der Waals surface area contributed by atoms with Crippen molar-refractivity contribution < 1.29 is 9.32 Å². The van der Waals surface area contributed by atoms with Gasteiger partial charge >= 0.3 is 0 Å². The fourth-order valence-corrected chi connectivity index (χ4v) is 2.16. The quantitative estimate of drug-likeness (QED) is 0.920. The summed E-state index contributed by atoms with van der Waals surface area (Å²) in [6.07, 6.45) is 0.824. The number of nitrogens with zero attached hydrogens (tertiary/aromatic N) is 1. The summed E-state index contributed by atoms with van der Waals surface area (Å²) >= 11 is 6.19. The van der Waals surface area contributed by atoms with Crippen LogP contribution in [0, 0.1) is 6.92 Å². The van der Waals surface area contributed by atoms with E-state index >= 15 is 0 Å². The standard InChI is InChI=1S/C16H19ClN2O2/c1-5-16(3,4)18-15(20)13-10(2)21-19-14(13)11-8-6-7-9-12(11)17/h6-9H,5H2,1-4H3,(H,18,20). The molecule has 4 nitrogen and oxygen atoms in total. The molecule has 21 heavy (non-hydrogen) atoms. The van der Waals surface area contributed by atoms with E-state index in [1.807, 2.05) is 39.0 Å². The summed E-state index contributed by atoms with van der Waals surface area (Å²) in [6, 6.07) is 7.27. The topological polar surface area (TPSA) is 55.1 Å². The molecule has 1 aromatic carbocycles. The zero-order chi connectivity index (χ0) is 15.6. The first-order valence-corrected chi connectivity index (χ1v) is 7.27. The number of carbonyl (C=O) groups excluding carboxylic acids is 1. The van der Waals surface area contributed by atoms with Crippen LogP contribution >= 0.6 is 11.6 Å². The Morgan fingerprint density at radius 3 is 2.67 bits per heavy atom. The number of hydrogen-bond acceptors (Lipinski definition) is 3. The highest BCUT2D eigenvalue weighted by Gasteiger charge is 2.26. The number of amides is 1. The Kier molecular flexibility index (Phi) is 4.37. The highest BCUT2D eigenvalue weighted by atomic mass is 35.5. The predicted octanol–water partition coefficient (Wildman–Crippen LogP) is 4.22. The molecule has 2 rings (SSSR count). The first-order valence-electron chi connectivity index (χ1n) is 6.89. The molecule has 112 valence electrons. The number of benzene rings is 1. The van der Waals surface area contributed by atoms with E-state index in [-0.39, 0.29) is 11.4 Å². The maximum absolute atomic E-state index is 12.6. The Hall–Kier alpha value is -1.81. The molecule has 5 heteroatoms. The zero-order valence-corrected chi connectivity index (χ0v) is 13.4. The Bertz CT molecular complexity index is 662. The molecule has 0 saturated heterocycles. The van der Waals surface area contributed by atoms with Crippen LogP contribution in [-0.4, -0.2) is 16.6 Å². The maximum Gasteiger partial charge on any atom is 0.257 e. The van der Waals surface area contributed by atoms with Crippen LogP contribution in [0.15, 0.2) is 28.8 Å². The van der Waals surface area contributed by atoms with Gasteiger partial charge in [0.05, 0.1) is 5.02 Å². The van der Waals surface area contributed by atoms with E-state index in [1.165, 1.54) is 0 Å². The van der Waals surface area contributed by atoms with E-state index < -0.39 is 0 Å². The molecular weight excluding hydrogens is 288 g/mol. The van der Waals surface area contributed by atoms with Crippen molar-refractivity contribution in [3.8, 4) is 11.3 Å². The van der Waals surface area contributed by atoms with Crippen molar-refractivity contribution in [2.24, 2.45) is 0 Å². The van der Waals surface area contributed by atoms with Gasteiger partial charge in [-0.2, -0.15) is 0 Å². The molecule has 0 fully saturated rings. The van der Waals surface area contributed by atoms with Crippen molar-refractivity contribution in [3.05, 3.63) is 40.6 Å². The Balaban J connectivity index is 2.44. The summed E-state index contributed by atoms with van der Waals surface area (Å²) in [4.78, 5) is 12.6. The number of halogens is 1. The third-order valence-corrected chi connectivity index (χ3v) is 3.88. The molecule has 2 aromatic rings. The van der Waals surface area contributed by atoms with Crippen LogP contribution < -0.4 is 5.32 Å². The van der Waals surface area contributed by atoms with E-state index in [0.29, 0.717) is 27.6 Å². The van der Waals surface area contributed by atoms with Crippen molar-refractivity contribution in [1.29, 1.82) is 0 Å². The second-order valence-electron chi connectivity index (χ2n) is 5.63. The minimum Gasteiger partial charge on any atom is -0.360 e. The van der Waals surface area contributed by atoms with Crippen molar-refractivity contribution in [3.63, 3.8) is 0 Å². The van der Waals surface area contributed by atoms with Crippen LogP contribution in [0.2, 0.25) is 5.02 Å². The van der Waals surface area contributed by atoms with Gasteiger partial charge in [-0.3, -0.25) is 4.79 Å². The lowest BCUT2D eigenvalue weighted by atomic mass is 10.00. The molecule has 0 atom stereocenters. The van der Waals surface area contributed by atoms with Crippen LogP contribution in [0.1, 0.15) is 43.3 Å². The van der Waals surface area contributed by atoms with Crippen LogP contribution in [0.3, 0.4) is 0 Å².